The molecule has 0 aromatic carbocycles. The van der Waals surface area contributed by atoms with E-state index < -0.39 is 8.07 Å². The summed E-state index contributed by atoms with van der Waals surface area (Å²) in [6, 6.07) is 0. The highest BCUT2D eigenvalue weighted by molar-refractivity contribution is 6.84. The van der Waals surface area contributed by atoms with Gasteiger partial charge in [-0.1, -0.05) is 72.0 Å². The minimum atomic E-state index is -1.46. The smallest absolute Gasteiger partial charge is 0.139 e. The van der Waals surface area contributed by atoms with Gasteiger partial charge >= 0.3 is 0 Å². The van der Waals surface area contributed by atoms with Crippen molar-refractivity contribution < 1.29 is 4.79 Å². The Morgan fingerprint density at radius 2 is 1.48 bits per heavy atom. The summed E-state index contributed by atoms with van der Waals surface area (Å²) in [5, 5.41) is 0. The molecule has 0 aromatic heterocycles. The molecule has 3 atom stereocenters. The van der Waals surface area contributed by atoms with E-state index in [0.29, 0.717) is 17.6 Å². The SMILES string of the molecule is CC(C)[C@H]1C[C@@H]([Si](C(C)C)(C(C)C)C(C)C)C[C@@]12CCCC2=O. The van der Waals surface area contributed by atoms with Gasteiger partial charge in [0.25, 0.3) is 0 Å². The number of hydrogen-bond acceptors (Lipinski definition) is 1. The predicted molar refractivity (Wildman–Crippen MR) is 104 cm³/mol. The third kappa shape index (κ3) is 2.77. The molecule has 23 heavy (non-hydrogen) atoms. The highest BCUT2D eigenvalue weighted by Gasteiger charge is 2.61. The lowest BCUT2D eigenvalue weighted by Gasteiger charge is -2.48. The van der Waals surface area contributed by atoms with Crippen LogP contribution in [-0.4, -0.2) is 13.9 Å². The van der Waals surface area contributed by atoms with Gasteiger partial charge in [-0.2, -0.15) is 0 Å². The molecule has 1 nitrogen and oxygen atoms in total. The molecular formula is C21H40OSi. The second kappa shape index (κ2) is 6.65. The molecule has 134 valence electrons. The van der Waals surface area contributed by atoms with Gasteiger partial charge in [-0.15, -0.1) is 0 Å². The first-order chi connectivity index (χ1) is 10.6. The average Bonchev–Trinajstić information content (AvgIpc) is 2.95. The summed E-state index contributed by atoms with van der Waals surface area (Å²) in [4.78, 5) is 12.9. The molecular weight excluding hydrogens is 296 g/mol. The van der Waals surface area contributed by atoms with E-state index in [0.717, 1.165) is 35.0 Å². The minimum Gasteiger partial charge on any atom is -0.299 e. The monoisotopic (exact) mass is 336 g/mol. The van der Waals surface area contributed by atoms with Crippen molar-refractivity contribution in [1.29, 1.82) is 0 Å². The van der Waals surface area contributed by atoms with Gasteiger partial charge in [-0.3, -0.25) is 4.79 Å². The maximum absolute atomic E-state index is 12.9. The summed E-state index contributed by atoms with van der Waals surface area (Å²) in [5.74, 6) is 1.92. The zero-order chi connectivity index (χ0) is 17.6. The van der Waals surface area contributed by atoms with E-state index in [1.54, 1.807) is 0 Å². The van der Waals surface area contributed by atoms with Crippen molar-refractivity contribution in [2.24, 2.45) is 17.3 Å². The van der Waals surface area contributed by atoms with Gasteiger partial charge < -0.3 is 0 Å². The standard InChI is InChI=1S/C21H40OSi/c1-14(2)19-12-18(13-21(19)11-9-10-20(21)22)23(15(3)4,16(5)6)17(7)8/h14-19H,9-13H2,1-8H3/t18-,19-,21+/m1/s1. The van der Waals surface area contributed by atoms with Crippen molar-refractivity contribution in [1.82, 2.24) is 0 Å². The Hall–Kier alpha value is -0.113. The Labute approximate surface area is 146 Å². The van der Waals surface area contributed by atoms with Gasteiger partial charge in [0.2, 0.25) is 0 Å². The first kappa shape index (κ1) is 19.2. The summed E-state index contributed by atoms with van der Waals surface area (Å²) in [6.45, 7) is 19.6. The van der Waals surface area contributed by atoms with Crippen LogP contribution in [0.4, 0.5) is 0 Å². The molecule has 0 heterocycles. The van der Waals surface area contributed by atoms with Crippen LogP contribution in [0.5, 0.6) is 0 Å². The van der Waals surface area contributed by atoms with Crippen LogP contribution in [0.1, 0.15) is 87.5 Å². The number of Topliss-reactive ketones (excluding diaryl/α,β-unsaturated/α-hetero) is 1. The lowest BCUT2D eigenvalue weighted by atomic mass is 9.71. The molecule has 0 bridgehead atoms. The minimum absolute atomic E-state index is 0.0652. The Morgan fingerprint density at radius 1 is 0.957 bits per heavy atom. The van der Waals surface area contributed by atoms with E-state index >= 15 is 0 Å². The third-order valence-corrected chi connectivity index (χ3v) is 15.8. The van der Waals surface area contributed by atoms with Crippen molar-refractivity contribution in [3.63, 3.8) is 0 Å². The molecule has 2 aliphatic rings. The zero-order valence-corrected chi connectivity index (χ0v) is 17.9. The second-order valence-corrected chi connectivity index (χ2v) is 16.2. The molecule has 0 N–H and O–H groups in total. The molecule has 2 saturated carbocycles. The fourth-order valence-electron chi connectivity index (χ4n) is 7.47. The fourth-order valence-corrected chi connectivity index (χ4v) is 15.7. The number of carbonyl (C=O) groups is 1. The van der Waals surface area contributed by atoms with E-state index in [1.807, 2.05) is 0 Å². The Bertz CT molecular complexity index is 415. The fraction of sp³-hybridized carbons (Fsp3) is 0.952. The van der Waals surface area contributed by atoms with Crippen molar-refractivity contribution in [2.45, 2.75) is 110 Å². The maximum atomic E-state index is 12.9. The normalized spacial score (nSPS) is 32.4. The van der Waals surface area contributed by atoms with Crippen LogP contribution in [0.15, 0.2) is 0 Å². The van der Waals surface area contributed by atoms with Crippen LogP contribution in [0.2, 0.25) is 22.2 Å². The second-order valence-electron chi connectivity index (χ2n) is 9.88. The molecule has 0 aliphatic heterocycles. The molecule has 0 aromatic rings. The Kier molecular flexibility index (Phi) is 5.56. The van der Waals surface area contributed by atoms with Gasteiger partial charge in [0.05, 0.1) is 8.07 Å². The van der Waals surface area contributed by atoms with Crippen molar-refractivity contribution in [3.8, 4) is 0 Å². The van der Waals surface area contributed by atoms with Gasteiger partial charge in [0, 0.05) is 11.8 Å². The summed E-state index contributed by atoms with van der Waals surface area (Å²) < 4.78 is 0. The summed E-state index contributed by atoms with van der Waals surface area (Å²) in [7, 11) is -1.46. The average molecular weight is 337 g/mol. The van der Waals surface area contributed by atoms with E-state index in [2.05, 4.69) is 55.4 Å². The Balaban J connectivity index is 2.46. The quantitative estimate of drug-likeness (QED) is 0.502. The highest BCUT2D eigenvalue weighted by Crippen LogP contribution is 2.65. The number of ketones is 1. The molecule has 0 radical (unpaired) electrons. The van der Waals surface area contributed by atoms with Crippen LogP contribution in [0.3, 0.4) is 0 Å². The first-order valence-corrected chi connectivity index (χ1v) is 12.4. The molecule has 2 rings (SSSR count). The van der Waals surface area contributed by atoms with Crippen molar-refractivity contribution >= 4 is 13.9 Å². The number of hydrogen-bond donors (Lipinski definition) is 0. The Morgan fingerprint density at radius 3 is 1.83 bits per heavy atom. The molecule has 0 saturated heterocycles. The summed E-state index contributed by atoms with van der Waals surface area (Å²) in [5.41, 5.74) is 3.35. The van der Waals surface area contributed by atoms with Gasteiger partial charge in [-0.25, -0.2) is 0 Å². The molecule has 0 amide bonds. The van der Waals surface area contributed by atoms with Crippen LogP contribution >= 0.6 is 0 Å². The molecule has 0 unspecified atom stereocenters. The predicted octanol–water partition coefficient (Wildman–Crippen LogP) is 6.84. The van der Waals surface area contributed by atoms with E-state index in [4.69, 9.17) is 0 Å². The first-order valence-electron chi connectivity index (χ1n) is 10.1. The zero-order valence-electron chi connectivity index (χ0n) is 16.9. The third-order valence-electron chi connectivity index (χ3n) is 7.95. The van der Waals surface area contributed by atoms with Crippen LogP contribution in [-0.2, 0) is 4.79 Å². The van der Waals surface area contributed by atoms with Crippen LogP contribution in [0.25, 0.3) is 0 Å². The molecule has 2 aliphatic carbocycles. The summed E-state index contributed by atoms with van der Waals surface area (Å²) in [6.07, 6.45) is 5.76. The maximum Gasteiger partial charge on any atom is 0.139 e. The van der Waals surface area contributed by atoms with Crippen molar-refractivity contribution in [3.05, 3.63) is 0 Å². The molecule has 2 heteroatoms. The van der Waals surface area contributed by atoms with Gasteiger partial charge in [0.15, 0.2) is 0 Å². The lowest BCUT2D eigenvalue weighted by molar-refractivity contribution is -0.128. The topological polar surface area (TPSA) is 17.1 Å². The van der Waals surface area contributed by atoms with Crippen LogP contribution < -0.4 is 0 Å². The molecule has 1 spiro atoms. The van der Waals surface area contributed by atoms with E-state index in [9.17, 15) is 4.79 Å². The number of rotatable bonds is 5. The number of carbonyl (C=O) groups excluding carboxylic acids is 1. The van der Waals surface area contributed by atoms with E-state index in [1.165, 1.54) is 19.3 Å². The van der Waals surface area contributed by atoms with Crippen LogP contribution in [0, 0.1) is 17.3 Å². The highest BCUT2D eigenvalue weighted by atomic mass is 28.3. The van der Waals surface area contributed by atoms with Crippen molar-refractivity contribution in [2.75, 3.05) is 0 Å². The largest absolute Gasteiger partial charge is 0.299 e. The lowest BCUT2D eigenvalue weighted by Crippen LogP contribution is -2.48. The van der Waals surface area contributed by atoms with Gasteiger partial charge in [-0.05, 0) is 43.1 Å². The summed E-state index contributed by atoms with van der Waals surface area (Å²) >= 11 is 0. The van der Waals surface area contributed by atoms with Gasteiger partial charge in [0.1, 0.15) is 5.78 Å². The van der Waals surface area contributed by atoms with E-state index in [-0.39, 0.29) is 5.41 Å². The molecule has 2 fully saturated rings.